The predicted molar refractivity (Wildman–Crippen MR) is 293 cm³/mol. The van der Waals surface area contributed by atoms with Crippen molar-refractivity contribution in [3.63, 3.8) is 0 Å². The zero-order valence-corrected chi connectivity index (χ0v) is 45.4. The van der Waals surface area contributed by atoms with Crippen LogP contribution in [0.3, 0.4) is 0 Å². The van der Waals surface area contributed by atoms with E-state index in [1.165, 1.54) is 186 Å². The first-order valence-electron chi connectivity index (χ1n) is 29.6. The molecule has 0 saturated carbocycles. The third kappa shape index (κ3) is 54.3. The summed E-state index contributed by atoms with van der Waals surface area (Å²) in [5.41, 5.74) is 0. The van der Waals surface area contributed by atoms with Gasteiger partial charge in [0, 0.05) is 19.3 Å². The van der Waals surface area contributed by atoms with Gasteiger partial charge in [-0.15, -0.1) is 0 Å². The van der Waals surface area contributed by atoms with Crippen LogP contribution in [0.1, 0.15) is 310 Å². The molecular weight excluding hydrogens is 841 g/mol. The van der Waals surface area contributed by atoms with Crippen molar-refractivity contribution in [3.05, 3.63) is 48.6 Å². The lowest BCUT2D eigenvalue weighted by atomic mass is 10.0. The van der Waals surface area contributed by atoms with Crippen LogP contribution in [0.5, 0.6) is 0 Å². The maximum Gasteiger partial charge on any atom is 0.306 e. The molecule has 6 heteroatoms. The monoisotopic (exact) mass is 953 g/mol. The van der Waals surface area contributed by atoms with Crippen molar-refractivity contribution in [1.29, 1.82) is 0 Å². The quantitative estimate of drug-likeness (QED) is 0.0262. The van der Waals surface area contributed by atoms with Gasteiger partial charge in [0.2, 0.25) is 0 Å². The van der Waals surface area contributed by atoms with Crippen LogP contribution in [0.4, 0.5) is 0 Å². The summed E-state index contributed by atoms with van der Waals surface area (Å²) in [6.07, 6.45) is 69.5. The lowest BCUT2D eigenvalue weighted by Crippen LogP contribution is -2.30. The molecule has 0 unspecified atom stereocenters. The van der Waals surface area contributed by atoms with Gasteiger partial charge in [0.05, 0.1) is 0 Å². The van der Waals surface area contributed by atoms with E-state index in [2.05, 4.69) is 69.4 Å². The number of rotatable bonds is 54. The molecule has 6 nitrogen and oxygen atoms in total. The van der Waals surface area contributed by atoms with E-state index in [1.54, 1.807) is 0 Å². The van der Waals surface area contributed by atoms with Crippen LogP contribution in [0, 0.1) is 0 Å². The Bertz CT molecular complexity index is 1190. The second-order valence-corrected chi connectivity index (χ2v) is 19.9. The molecule has 68 heavy (non-hydrogen) atoms. The maximum atomic E-state index is 12.9. The molecule has 0 aromatic heterocycles. The second kappa shape index (κ2) is 57.0. The second-order valence-electron chi connectivity index (χ2n) is 19.9. The summed E-state index contributed by atoms with van der Waals surface area (Å²) in [6, 6.07) is 0. The zero-order chi connectivity index (χ0) is 49.3. The Morgan fingerprint density at radius 2 is 0.529 bits per heavy atom. The van der Waals surface area contributed by atoms with Gasteiger partial charge in [-0.25, -0.2) is 0 Å². The molecule has 1 atom stereocenters. The molecule has 0 radical (unpaired) electrons. The van der Waals surface area contributed by atoms with Gasteiger partial charge < -0.3 is 14.2 Å². The predicted octanol–water partition coefficient (Wildman–Crippen LogP) is 19.8. The lowest BCUT2D eigenvalue weighted by molar-refractivity contribution is -0.167. The van der Waals surface area contributed by atoms with E-state index in [1.807, 2.05) is 0 Å². The van der Waals surface area contributed by atoms with Gasteiger partial charge in [0.25, 0.3) is 0 Å². The Hall–Kier alpha value is -2.63. The highest BCUT2D eigenvalue weighted by atomic mass is 16.6. The fraction of sp³-hybridized carbons (Fsp3) is 0.823. The van der Waals surface area contributed by atoms with Crippen LogP contribution in [0.25, 0.3) is 0 Å². The van der Waals surface area contributed by atoms with Crippen molar-refractivity contribution in [2.24, 2.45) is 0 Å². The van der Waals surface area contributed by atoms with E-state index in [0.29, 0.717) is 19.3 Å². The molecular formula is C62H112O6. The van der Waals surface area contributed by atoms with E-state index in [4.69, 9.17) is 14.2 Å². The zero-order valence-electron chi connectivity index (χ0n) is 45.4. The molecule has 0 aromatic rings. The molecule has 0 fully saturated rings. The van der Waals surface area contributed by atoms with Crippen LogP contribution in [-0.2, 0) is 28.6 Å². The van der Waals surface area contributed by atoms with Crippen molar-refractivity contribution in [2.75, 3.05) is 13.2 Å². The van der Waals surface area contributed by atoms with Crippen molar-refractivity contribution < 1.29 is 28.6 Å². The van der Waals surface area contributed by atoms with E-state index in [0.717, 1.165) is 83.5 Å². The van der Waals surface area contributed by atoms with Gasteiger partial charge in [-0.1, -0.05) is 256 Å². The molecule has 0 aliphatic carbocycles. The van der Waals surface area contributed by atoms with Gasteiger partial charge in [0.15, 0.2) is 6.10 Å². The Labute approximate surface area is 422 Å². The standard InChI is InChI=1S/C62H112O6/c1-4-7-10-13-16-19-22-25-28-30-31-33-34-37-40-43-46-49-52-55-61(64)67-58-59(57-66-60(63)54-51-48-45-42-39-36-27-24-21-18-15-12-9-6-3)68-62(65)56-53-50-47-44-41-38-35-32-29-26-23-20-17-14-11-8-5-2/h17,20,25-26,28-29,35,38,59H,4-16,18-19,21-24,27,30-34,36-37,39-58H2,1-3H3/b20-17-,28-25-,29-26-,38-35-/t59-/m1/s1. The fourth-order valence-corrected chi connectivity index (χ4v) is 8.56. The Balaban J connectivity index is 4.38. The van der Waals surface area contributed by atoms with Gasteiger partial charge in [-0.2, -0.15) is 0 Å². The maximum absolute atomic E-state index is 12.9. The minimum Gasteiger partial charge on any atom is -0.462 e. The van der Waals surface area contributed by atoms with E-state index in [-0.39, 0.29) is 31.1 Å². The molecule has 0 N–H and O–H groups in total. The Morgan fingerprint density at radius 3 is 0.868 bits per heavy atom. The molecule has 0 aromatic carbocycles. The molecule has 0 aliphatic heterocycles. The first-order chi connectivity index (χ1) is 33.5. The number of hydrogen-bond acceptors (Lipinski definition) is 6. The van der Waals surface area contributed by atoms with Crippen molar-refractivity contribution in [3.8, 4) is 0 Å². The molecule has 396 valence electrons. The SMILES string of the molecule is CCCCC/C=C\C/C=C\C/C=C\CCCCCCC(=O)O[C@@H](COC(=O)CCCCCCCCCCC/C=C\CCCCCCCC)COC(=O)CCCCCCCCCCCCCCCC. The Morgan fingerprint density at radius 1 is 0.294 bits per heavy atom. The molecule has 0 amide bonds. The van der Waals surface area contributed by atoms with Crippen LogP contribution in [0.2, 0.25) is 0 Å². The number of esters is 3. The fourth-order valence-electron chi connectivity index (χ4n) is 8.56. The number of unbranched alkanes of at least 4 members (excludes halogenated alkanes) is 35. The highest BCUT2D eigenvalue weighted by Gasteiger charge is 2.19. The van der Waals surface area contributed by atoms with Crippen LogP contribution < -0.4 is 0 Å². The summed E-state index contributed by atoms with van der Waals surface area (Å²) in [6.45, 7) is 6.63. The van der Waals surface area contributed by atoms with E-state index in [9.17, 15) is 14.4 Å². The normalized spacial score (nSPS) is 12.3. The summed E-state index contributed by atoms with van der Waals surface area (Å²) in [4.78, 5) is 38.2. The van der Waals surface area contributed by atoms with Gasteiger partial charge in [-0.3, -0.25) is 14.4 Å². The van der Waals surface area contributed by atoms with Gasteiger partial charge in [-0.05, 0) is 83.5 Å². The lowest BCUT2D eigenvalue weighted by Gasteiger charge is -2.18. The van der Waals surface area contributed by atoms with Gasteiger partial charge >= 0.3 is 17.9 Å². The summed E-state index contributed by atoms with van der Waals surface area (Å²) in [5, 5.41) is 0. The number of ether oxygens (including phenoxy) is 3. The van der Waals surface area contributed by atoms with Crippen molar-refractivity contribution >= 4 is 17.9 Å². The number of hydrogen-bond donors (Lipinski definition) is 0. The van der Waals surface area contributed by atoms with Crippen molar-refractivity contribution in [1.82, 2.24) is 0 Å². The van der Waals surface area contributed by atoms with Crippen LogP contribution in [0.15, 0.2) is 48.6 Å². The van der Waals surface area contributed by atoms with Crippen LogP contribution >= 0.6 is 0 Å². The average Bonchev–Trinajstić information content (AvgIpc) is 3.34. The van der Waals surface area contributed by atoms with Crippen LogP contribution in [-0.4, -0.2) is 37.2 Å². The molecule has 0 bridgehead atoms. The first kappa shape index (κ1) is 65.4. The minimum atomic E-state index is -0.783. The third-order valence-corrected chi connectivity index (χ3v) is 13.1. The summed E-state index contributed by atoms with van der Waals surface area (Å²) < 4.78 is 16.9. The highest BCUT2D eigenvalue weighted by Crippen LogP contribution is 2.16. The Kier molecular flexibility index (Phi) is 54.8. The smallest absolute Gasteiger partial charge is 0.306 e. The average molecular weight is 954 g/mol. The first-order valence-corrected chi connectivity index (χ1v) is 29.6. The summed E-state index contributed by atoms with van der Waals surface area (Å²) in [7, 11) is 0. The number of allylic oxidation sites excluding steroid dienone is 8. The third-order valence-electron chi connectivity index (χ3n) is 13.1. The van der Waals surface area contributed by atoms with Crippen molar-refractivity contribution in [2.45, 2.75) is 316 Å². The van der Waals surface area contributed by atoms with E-state index < -0.39 is 6.10 Å². The molecule has 0 saturated heterocycles. The van der Waals surface area contributed by atoms with Gasteiger partial charge in [0.1, 0.15) is 13.2 Å². The topological polar surface area (TPSA) is 78.9 Å². The highest BCUT2D eigenvalue weighted by molar-refractivity contribution is 5.71. The summed E-state index contributed by atoms with van der Waals surface area (Å²) >= 11 is 0. The molecule has 0 rings (SSSR count). The molecule has 0 aliphatic rings. The molecule has 0 spiro atoms. The number of carbonyl (C=O) groups is 3. The van der Waals surface area contributed by atoms with E-state index >= 15 is 0 Å². The molecule has 0 heterocycles. The number of carbonyl (C=O) groups excluding carboxylic acids is 3. The largest absolute Gasteiger partial charge is 0.462 e. The summed E-state index contributed by atoms with van der Waals surface area (Å²) in [5.74, 6) is -0.888. The minimum absolute atomic E-state index is 0.0797.